The van der Waals surface area contributed by atoms with Gasteiger partial charge in [-0.25, -0.2) is 9.18 Å². The van der Waals surface area contributed by atoms with Crippen molar-refractivity contribution < 1.29 is 28.4 Å². The fraction of sp³-hybridized carbons (Fsp3) is 0.263. The van der Waals surface area contributed by atoms with E-state index in [2.05, 4.69) is 5.32 Å². The molecule has 0 bridgehead atoms. The summed E-state index contributed by atoms with van der Waals surface area (Å²) in [7, 11) is 0. The highest BCUT2D eigenvalue weighted by molar-refractivity contribution is 5.96. The van der Waals surface area contributed by atoms with Gasteiger partial charge in [0.25, 0.3) is 11.6 Å². The van der Waals surface area contributed by atoms with Gasteiger partial charge < -0.3 is 19.7 Å². The monoisotopic (exact) mass is 403 g/mol. The Morgan fingerprint density at radius 2 is 1.97 bits per heavy atom. The first-order valence-corrected chi connectivity index (χ1v) is 8.78. The number of ether oxygens (including phenoxy) is 2. The lowest BCUT2D eigenvalue weighted by Crippen LogP contribution is -2.36. The molecule has 0 spiro atoms. The molecule has 1 aliphatic heterocycles. The lowest BCUT2D eigenvalue weighted by atomic mass is 10.1. The Hall–Kier alpha value is -3.53. The minimum absolute atomic E-state index is 0.0488. The smallest absolute Gasteiger partial charge is 0.338 e. The van der Waals surface area contributed by atoms with E-state index < -0.39 is 29.2 Å². The molecule has 10 heteroatoms. The SMILES string of the molecule is O=C(COC(=O)c1ccc(N2CCOCC2)c([N+](=O)[O-])c1)Nc1cccc(F)c1. The van der Waals surface area contributed by atoms with Crippen LogP contribution in [0.25, 0.3) is 0 Å². The van der Waals surface area contributed by atoms with E-state index in [0.29, 0.717) is 32.0 Å². The predicted molar refractivity (Wildman–Crippen MR) is 101 cm³/mol. The van der Waals surface area contributed by atoms with Crippen molar-refractivity contribution in [3.8, 4) is 0 Å². The second-order valence-electron chi connectivity index (χ2n) is 6.19. The van der Waals surface area contributed by atoms with Gasteiger partial charge in [0.15, 0.2) is 6.61 Å². The number of halogens is 1. The van der Waals surface area contributed by atoms with E-state index in [-0.39, 0.29) is 16.9 Å². The van der Waals surface area contributed by atoms with Gasteiger partial charge in [0.2, 0.25) is 0 Å². The number of nitrogens with zero attached hydrogens (tertiary/aromatic N) is 2. The van der Waals surface area contributed by atoms with Crippen molar-refractivity contribution in [2.24, 2.45) is 0 Å². The lowest BCUT2D eigenvalue weighted by Gasteiger charge is -2.28. The number of esters is 1. The highest BCUT2D eigenvalue weighted by atomic mass is 19.1. The van der Waals surface area contributed by atoms with E-state index in [1.54, 1.807) is 0 Å². The van der Waals surface area contributed by atoms with Crippen LogP contribution in [-0.4, -0.2) is 49.7 Å². The molecule has 2 aromatic carbocycles. The van der Waals surface area contributed by atoms with Gasteiger partial charge in [0, 0.05) is 24.8 Å². The number of anilines is 2. The Labute approximate surface area is 165 Å². The third-order valence-corrected chi connectivity index (χ3v) is 4.20. The first kappa shape index (κ1) is 20.2. The summed E-state index contributed by atoms with van der Waals surface area (Å²) in [5.74, 6) is -2.06. The van der Waals surface area contributed by atoms with Crippen molar-refractivity contribution >= 4 is 28.9 Å². The number of morpholine rings is 1. The van der Waals surface area contributed by atoms with Gasteiger partial charge in [0.05, 0.1) is 23.7 Å². The maximum absolute atomic E-state index is 13.1. The topological polar surface area (TPSA) is 111 Å². The summed E-state index contributed by atoms with van der Waals surface area (Å²) in [6, 6.07) is 9.26. The minimum atomic E-state index is -0.879. The van der Waals surface area contributed by atoms with Crippen molar-refractivity contribution in [1.82, 2.24) is 0 Å². The van der Waals surface area contributed by atoms with E-state index in [1.165, 1.54) is 30.3 Å². The molecule has 152 valence electrons. The predicted octanol–water partition coefficient (Wildman–Crippen LogP) is 2.37. The summed E-state index contributed by atoms with van der Waals surface area (Å²) in [5.41, 5.74) is 0.327. The number of carbonyl (C=O) groups excluding carboxylic acids is 2. The normalized spacial score (nSPS) is 13.6. The van der Waals surface area contributed by atoms with E-state index in [4.69, 9.17) is 9.47 Å². The van der Waals surface area contributed by atoms with Crippen molar-refractivity contribution in [2.45, 2.75) is 0 Å². The van der Waals surface area contributed by atoms with Crippen LogP contribution in [0.2, 0.25) is 0 Å². The lowest BCUT2D eigenvalue weighted by molar-refractivity contribution is -0.384. The maximum atomic E-state index is 13.1. The van der Waals surface area contributed by atoms with Crippen LogP contribution in [0.5, 0.6) is 0 Å². The zero-order valence-corrected chi connectivity index (χ0v) is 15.3. The third-order valence-electron chi connectivity index (χ3n) is 4.20. The van der Waals surface area contributed by atoms with E-state index in [9.17, 15) is 24.1 Å². The number of hydrogen-bond acceptors (Lipinski definition) is 7. The highest BCUT2D eigenvalue weighted by Crippen LogP contribution is 2.30. The molecule has 1 amide bonds. The zero-order chi connectivity index (χ0) is 20.8. The number of hydrogen-bond donors (Lipinski definition) is 1. The van der Waals surface area contributed by atoms with Gasteiger partial charge in [-0.3, -0.25) is 14.9 Å². The minimum Gasteiger partial charge on any atom is -0.452 e. The highest BCUT2D eigenvalue weighted by Gasteiger charge is 2.24. The van der Waals surface area contributed by atoms with Crippen LogP contribution < -0.4 is 10.2 Å². The van der Waals surface area contributed by atoms with Crippen molar-refractivity contribution in [3.05, 3.63) is 64.0 Å². The number of nitro benzene ring substituents is 1. The summed E-state index contributed by atoms with van der Waals surface area (Å²) in [5, 5.41) is 13.8. The number of rotatable bonds is 6. The van der Waals surface area contributed by atoms with Gasteiger partial charge in [-0.05, 0) is 30.3 Å². The van der Waals surface area contributed by atoms with E-state index in [1.807, 2.05) is 4.90 Å². The van der Waals surface area contributed by atoms with Crippen LogP contribution in [0.3, 0.4) is 0 Å². The fourth-order valence-corrected chi connectivity index (χ4v) is 2.85. The molecule has 0 aliphatic carbocycles. The molecule has 0 aromatic heterocycles. The Morgan fingerprint density at radius 3 is 2.66 bits per heavy atom. The maximum Gasteiger partial charge on any atom is 0.338 e. The van der Waals surface area contributed by atoms with Gasteiger partial charge in [-0.1, -0.05) is 6.07 Å². The van der Waals surface area contributed by atoms with Gasteiger partial charge >= 0.3 is 5.97 Å². The van der Waals surface area contributed by atoms with Crippen molar-refractivity contribution in [1.29, 1.82) is 0 Å². The first-order valence-electron chi connectivity index (χ1n) is 8.78. The summed E-state index contributed by atoms with van der Waals surface area (Å²) in [4.78, 5) is 36.7. The van der Waals surface area contributed by atoms with Crippen LogP contribution in [0.4, 0.5) is 21.5 Å². The van der Waals surface area contributed by atoms with Gasteiger partial charge in [-0.15, -0.1) is 0 Å². The fourth-order valence-electron chi connectivity index (χ4n) is 2.85. The summed E-state index contributed by atoms with van der Waals surface area (Å²) < 4.78 is 23.3. The molecule has 1 N–H and O–H groups in total. The molecule has 3 rings (SSSR count). The molecular weight excluding hydrogens is 385 g/mol. The molecule has 1 saturated heterocycles. The molecule has 0 unspecified atom stereocenters. The average molecular weight is 403 g/mol. The summed E-state index contributed by atoms with van der Waals surface area (Å²) >= 11 is 0. The Kier molecular flexibility index (Phi) is 6.35. The number of carbonyl (C=O) groups is 2. The van der Waals surface area contributed by atoms with Crippen LogP contribution in [0, 0.1) is 15.9 Å². The molecule has 1 fully saturated rings. The molecule has 0 radical (unpaired) electrons. The quantitative estimate of drug-likeness (QED) is 0.448. The molecular formula is C19H18FN3O6. The van der Waals surface area contributed by atoms with Crippen LogP contribution in [0.1, 0.15) is 10.4 Å². The van der Waals surface area contributed by atoms with Crippen molar-refractivity contribution in [3.63, 3.8) is 0 Å². The Bertz CT molecular complexity index is 930. The third kappa shape index (κ3) is 5.26. The largest absolute Gasteiger partial charge is 0.452 e. The first-order chi connectivity index (χ1) is 13.9. The van der Waals surface area contributed by atoms with Crippen LogP contribution >= 0.6 is 0 Å². The van der Waals surface area contributed by atoms with Gasteiger partial charge in [-0.2, -0.15) is 0 Å². The molecule has 2 aromatic rings. The standard InChI is InChI=1S/C19H18FN3O6/c20-14-2-1-3-15(11-14)21-18(24)12-29-19(25)13-4-5-16(17(10-13)23(26)27)22-6-8-28-9-7-22/h1-5,10-11H,6-9,12H2,(H,21,24). The number of nitrogens with one attached hydrogen (secondary N) is 1. The van der Waals surface area contributed by atoms with Crippen LogP contribution in [-0.2, 0) is 14.3 Å². The van der Waals surface area contributed by atoms with Crippen molar-refractivity contribution in [2.75, 3.05) is 43.1 Å². The van der Waals surface area contributed by atoms with E-state index in [0.717, 1.165) is 12.1 Å². The molecule has 1 heterocycles. The molecule has 0 atom stereocenters. The molecule has 9 nitrogen and oxygen atoms in total. The number of benzene rings is 2. The second-order valence-corrected chi connectivity index (χ2v) is 6.19. The Balaban J connectivity index is 1.64. The summed E-state index contributed by atoms with van der Waals surface area (Å²) in [6.45, 7) is 1.31. The summed E-state index contributed by atoms with van der Waals surface area (Å²) in [6.07, 6.45) is 0. The molecule has 1 aliphatic rings. The van der Waals surface area contributed by atoms with Gasteiger partial charge in [0.1, 0.15) is 11.5 Å². The number of nitro groups is 1. The number of amides is 1. The second kappa shape index (κ2) is 9.11. The Morgan fingerprint density at radius 1 is 1.21 bits per heavy atom. The zero-order valence-electron chi connectivity index (χ0n) is 15.3. The molecule has 29 heavy (non-hydrogen) atoms. The average Bonchev–Trinajstić information content (AvgIpc) is 2.72. The molecule has 0 saturated carbocycles. The van der Waals surface area contributed by atoms with Crippen LogP contribution in [0.15, 0.2) is 42.5 Å². The van der Waals surface area contributed by atoms with E-state index >= 15 is 0 Å².